The zero-order valence-corrected chi connectivity index (χ0v) is 7.56. The van der Waals surface area contributed by atoms with Crippen molar-refractivity contribution in [2.24, 2.45) is 0 Å². The Morgan fingerprint density at radius 3 is 1.56 bits per heavy atom. The van der Waals surface area contributed by atoms with E-state index >= 15 is 0 Å². The molecule has 1 fully saturated rings. The summed E-state index contributed by atoms with van der Waals surface area (Å²) < 4.78 is 9.22. The number of nitrogens with one attached hydrogen (secondary N) is 1. The first-order valence-corrected chi connectivity index (χ1v) is 4.26. The largest absolute Gasteiger partial charge is 0.402 e. The molecule has 0 aromatic carbocycles. The average molecular weight is 149 g/mol. The van der Waals surface area contributed by atoms with Gasteiger partial charge in [0, 0.05) is 14.2 Å². The van der Waals surface area contributed by atoms with Crippen molar-refractivity contribution in [3.63, 3.8) is 0 Å². The highest BCUT2D eigenvalue weighted by atomic mass is 28.3. The molecular weight excluding hydrogens is 134 g/mol. The first kappa shape index (κ1) is 9.10. The van der Waals surface area contributed by atoms with E-state index in [4.69, 9.17) is 0 Å². The Balaban J connectivity index is 0.000000144. The van der Waals surface area contributed by atoms with Gasteiger partial charge in [-0.2, -0.15) is 0 Å². The van der Waals surface area contributed by atoms with Gasteiger partial charge in [0.15, 0.2) is 0 Å². The van der Waals surface area contributed by atoms with E-state index in [0.717, 1.165) is 0 Å². The fourth-order valence-corrected chi connectivity index (χ4v) is 0.530. The monoisotopic (exact) mass is 149 g/mol. The zero-order valence-electron chi connectivity index (χ0n) is 6.14. The lowest BCUT2D eigenvalue weighted by atomic mass is 10.3. The van der Waals surface area contributed by atoms with Crippen LogP contribution >= 0.6 is 0 Å². The van der Waals surface area contributed by atoms with Gasteiger partial charge in [0.05, 0.1) is 0 Å². The Morgan fingerprint density at radius 1 is 1.22 bits per heavy atom. The topological polar surface area (TPSA) is 30.5 Å². The van der Waals surface area contributed by atoms with Crippen molar-refractivity contribution in [1.29, 1.82) is 0 Å². The maximum absolute atomic E-state index is 4.61. The third-order valence-corrected chi connectivity index (χ3v) is 1.41. The van der Waals surface area contributed by atoms with E-state index < -0.39 is 10.0 Å². The minimum absolute atomic E-state index is 0.568. The predicted octanol–water partition coefficient (Wildman–Crippen LogP) is -0.742. The minimum Gasteiger partial charge on any atom is -0.402 e. The van der Waals surface area contributed by atoms with E-state index in [0.29, 0.717) is 0 Å². The molecule has 0 spiro atoms. The van der Waals surface area contributed by atoms with E-state index in [2.05, 4.69) is 14.2 Å². The number of hydrogen-bond donors (Lipinski definition) is 1. The first-order chi connectivity index (χ1) is 4.41. The summed E-state index contributed by atoms with van der Waals surface area (Å²) in [5.74, 6) is 0. The van der Waals surface area contributed by atoms with Gasteiger partial charge in [0.2, 0.25) is 0 Å². The van der Waals surface area contributed by atoms with Crippen LogP contribution in [0.4, 0.5) is 0 Å². The van der Waals surface area contributed by atoms with Gasteiger partial charge < -0.3 is 14.2 Å². The lowest BCUT2D eigenvalue weighted by Crippen LogP contribution is -2.29. The summed E-state index contributed by atoms with van der Waals surface area (Å²) >= 11 is 0. The van der Waals surface area contributed by atoms with Gasteiger partial charge >= 0.3 is 10.0 Å². The second-order valence-electron chi connectivity index (χ2n) is 1.80. The molecule has 4 heteroatoms. The molecule has 1 N–H and O–H groups in total. The molecule has 0 amide bonds. The molecule has 9 heavy (non-hydrogen) atoms. The van der Waals surface area contributed by atoms with Crippen LogP contribution in [0.1, 0.15) is 6.42 Å². The Morgan fingerprint density at radius 2 is 1.56 bits per heavy atom. The normalized spacial score (nSPS) is 15.3. The smallest absolute Gasteiger partial charge is 0.303 e. The van der Waals surface area contributed by atoms with Crippen molar-refractivity contribution < 1.29 is 8.85 Å². The maximum atomic E-state index is 4.61. The molecule has 0 atom stereocenters. The van der Waals surface area contributed by atoms with Crippen LogP contribution in [0.5, 0.6) is 0 Å². The molecule has 0 radical (unpaired) electrons. The maximum Gasteiger partial charge on any atom is 0.303 e. The zero-order chi connectivity index (χ0) is 6.95. The molecule has 1 aliphatic rings. The third kappa shape index (κ3) is 8.10. The summed E-state index contributed by atoms with van der Waals surface area (Å²) in [6.07, 6.45) is 1.39. The first-order valence-electron chi connectivity index (χ1n) is 3.10. The quantitative estimate of drug-likeness (QED) is 0.524. The fraction of sp³-hybridized carbons (Fsp3) is 1.00. The fourth-order valence-electron chi connectivity index (χ4n) is 0.295. The van der Waals surface area contributed by atoms with Crippen LogP contribution in [-0.4, -0.2) is 37.3 Å². The van der Waals surface area contributed by atoms with Crippen molar-refractivity contribution in [3.8, 4) is 0 Å². The summed E-state index contributed by atoms with van der Waals surface area (Å²) in [7, 11) is 2.73. The lowest BCUT2D eigenvalue weighted by Gasteiger charge is -2.09. The third-order valence-electron chi connectivity index (χ3n) is 0.943. The summed E-state index contributed by atoms with van der Waals surface area (Å²) in [5.41, 5.74) is 0. The summed E-state index contributed by atoms with van der Waals surface area (Å²) in [5, 5.41) is 3.11. The highest BCUT2D eigenvalue weighted by molar-refractivity contribution is 6.17. The number of rotatable bonds is 2. The van der Waals surface area contributed by atoms with Gasteiger partial charge in [-0.15, -0.1) is 0 Å². The van der Waals surface area contributed by atoms with Gasteiger partial charge in [-0.25, -0.2) is 0 Å². The van der Waals surface area contributed by atoms with Crippen LogP contribution < -0.4 is 5.32 Å². The Kier molecular flexibility index (Phi) is 8.18. The molecule has 0 aromatic rings. The predicted molar refractivity (Wildman–Crippen MR) is 40.0 cm³/mol. The van der Waals surface area contributed by atoms with Crippen LogP contribution in [-0.2, 0) is 8.85 Å². The van der Waals surface area contributed by atoms with Crippen molar-refractivity contribution in [1.82, 2.24) is 5.32 Å². The van der Waals surface area contributed by atoms with Crippen LogP contribution in [0.25, 0.3) is 0 Å². The van der Waals surface area contributed by atoms with E-state index in [1.807, 2.05) is 0 Å². The van der Waals surface area contributed by atoms with Crippen LogP contribution in [0.15, 0.2) is 0 Å². The molecule has 3 nitrogen and oxygen atoms in total. The summed E-state index contributed by atoms with van der Waals surface area (Å²) in [4.78, 5) is 0. The lowest BCUT2D eigenvalue weighted by molar-refractivity contribution is 0.309. The second kappa shape index (κ2) is 8.10. The molecular formula is C5H15NO2Si. The van der Waals surface area contributed by atoms with E-state index in [1.54, 1.807) is 14.2 Å². The molecule has 1 rings (SSSR count). The van der Waals surface area contributed by atoms with Crippen LogP contribution in [0.2, 0.25) is 0 Å². The second-order valence-corrected chi connectivity index (χ2v) is 3.19. The molecule has 1 saturated heterocycles. The average Bonchev–Trinajstić information content (AvgIpc) is 1.63. The van der Waals surface area contributed by atoms with E-state index in [1.165, 1.54) is 19.5 Å². The van der Waals surface area contributed by atoms with Gasteiger partial charge in [-0.1, -0.05) is 0 Å². The molecule has 1 aliphatic heterocycles. The molecule has 1 heterocycles. The Bertz CT molecular complexity index is 44.2. The van der Waals surface area contributed by atoms with E-state index in [-0.39, 0.29) is 0 Å². The molecule has 0 aromatic heterocycles. The van der Waals surface area contributed by atoms with Crippen molar-refractivity contribution in [2.75, 3.05) is 27.3 Å². The molecule has 0 unspecified atom stereocenters. The molecule has 0 aliphatic carbocycles. The Hall–Kier alpha value is 0.0969. The van der Waals surface area contributed by atoms with Crippen LogP contribution in [0.3, 0.4) is 0 Å². The van der Waals surface area contributed by atoms with E-state index in [9.17, 15) is 0 Å². The summed E-state index contributed by atoms with van der Waals surface area (Å²) in [6.45, 7) is 2.50. The standard InChI is InChI=1S/C3H7N.C2H8O2Si/c1-2-4-3-1;1-3-5-4-2/h4H,1-3H2;5H2,1-2H3. The van der Waals surface area contributed by atoms with Crippen molar-refractivity contribution in [2.45, 2.75) is 6.42 Å². The van der Waals surface area contributed by atoms with Crippen LogP contribution in [0, 0.1) is 0 Å². The Labute approximate surface area is 58.8 Å². The van der Waals surface area contributed by atoms with Gasteiger partial charge in [-0.3, -0.25) is 0 Å². The van der Waals surface area contributed by atoms with Crippen molar-refractivity contribution >= 4 is 10.0 Å². The SMILES string of the molecule is C1CNC1.CO[SiH2]OC. The molecule has 0 saturated carbocycles. The highest BCUT2D eigenvalue weighted by Crippen LogP contribution is 1.80. The molecule has 0 bridgehead atoms. The molecule has 56 valence electrons. The van der Waals surface area contributed by atoms with Gasteiger partial charge in [0.1, 0.15) is 0 Å². The van der Waals surface area contributed by atoms with Crippen molar-refractivity contribution in [3.05, 3.63) is 0 Å². The number of hydrogen-bond acceptors (Lipinski definition) is 3. The van der Waals surface area contributed by atoms with Gasteiger partial charge in [0.25, 0.3) is 0 Å². The van der Waals surface area contributed by atoms with Gasteiger partial charge in [-0.05, 0) is 19.5 Å². The summed E-state index contributed by atoms with van der Waals surface area (Å²) in [6, 6.07) is 0. The highest BCUT2D eigenvalue weighted by Gasteiger charge is 1.92. The minimum atomic E-state index is -0.568.